The van der Waals surface area contributed by atoms with Gasteiger partial charge in [-0.15, -0.1) is 0 Å². The Morgan fingerprint density at radius 3 is 2.29 bits per heavy atom. The molecule has 1 aliphatic carbocycles. The van der Waals surface area contributed by atoms with Gasteiger partial charge in [0, 0.05) is 18.0 Å². The van der Waals surface area contributed by atoms with Gasteiger partial charge in [0.1, 0.15) is 16.9 Å². The molecule has 0 spiro atoms. The van der Waals surface area contributed by atoms with E-state index in [1.54, 1.807) is 4.68 Å². The van der Waals surface area contributed by atoms with Crippen molar-refractivity contribution in [2.45, 2.75) is 64.5 Å². The quantitative estimate of drug-likeness (QED) is 0.246. The molecule has 0 radical (unpaired) electrons. The number of hydrogen-bond acceptors (Lipinski definition) is 5. The van der Waals surface area contributed by atoms with Crippen LogP contribution in [0.1, 0.15) is 58.2 Å². The second-order valence-electron chi connectivity index (χ2n) is 11.9. The van der Waals surface area contributed by atoms with E-state index in [1.165, 1.54) is 0 Å². The molecule has 0 saturated heterocycles. The fourth-order valence-electron chi connectivity index (χ4n) is 5.87. The lowest BCUT2D eigenvalue weighted by atomic mass is 9.71. The minimum absolute atomic E-state index is 0.0933. The maximum atomic E-state index is 14.2. The molecule has 0 bridgehead atoms. The van der Waals surface area contributed by atoms with Crippen LogP contribution in [-0.4, -0.2) is 21.5 Å². The maximum absolute atomic E-state index is 14.2. The van der Waals surface area contributed by atoms with Crippen molar-refractivity contribution in [3.8, 4) is 22.5 Å². The van der Waals surface area contributed by atoms with E-state index in [0.29, 0.717) is 22.3 Å². The van der Waals surface area contributed by atoms with E-state index in [9.17, 15) is 9.59 Å². The number of hydrogen-bond donors (Lipinski definition) is 1. The summed E-state index contributed by atoms with van der Waals surface area (Å²) in [5.74, 6) is 0.521. The lowest BCUT2D eigenvalue weighted by Gasteiger charge is -2.43. The summed E-state index contributed by atoms with van der Waals surface area (Å²) in [6.45, 7) is 7.64. The van der Waals surface area contributed by atoms with E-state index in [4.69, 9.17) is 9.15 Å². The molecule has 2 heterocycles. The number of nitrogens with zero attached hydrogens (tertiary/aromatic N) is 2. The summed E-state index contributed by atoms with van der Waals surface area (Å²) in [5, 5.41) is 9.30. The molecule has 1 fully saturated rings. The summed E-state index contributed by atoms with van der Waals surface area (Å²) in [7, 11) is 1.89. The second kappa shape index (κ2) is 9.91. The van der Waals surface area contributed by atoms with E-state index in [2.05, 4.69) is 17.3 Å². The van der Waals surface area contributed by atoms with E-state index >= 15 is 0 Å². The Morgan fingerprint density at radius 1 is 1.00 bits per heavy atom. The van der Waals surface area contributed by atoms with Crippen molar-refractivity contribution < 1.29 is 13.9 Å². The number of aryl methyl sites for hydroxylation is 2. The molecule has 7 heteroatoms. The Balaban J connectivity index is 1.49. The van der Waals surface area contributed by atoms with Gasteiger partial charge in [-0.1, -0.05) is 61.5 Å². The number of aromatic nitrogens is 2. The van der Waals surface area contributed by atoms with Gasteiger partial charge < -0.3 is 14.5 Å². The predicted molar refractivity (Wildman–Crippen MR) is 162 cm³/mol. The largest absolute Gasteiger partial charge is 0.453 e. The van der Waals surface area contributed by atoms with Gasteiger partial charge in [-0.05, 0) is 69.7 Å². The van der Waals surface area contributed by atoms with Crippen LogP contribution in [-0.2, 0) is 23.7 Å². The standard InChI is InChI=1S/C34H35N3O4/c1-6-26-24-17-18-25-29(38)27(30(22-11-8-7-9-12-22)40-31(25)28(24)37(5)36-26)21-13-15-23(16-14-21)34(19-10-20-34)35-32(39)41-33(2,3)4/h7-9,11-18H,6,10,19-20H2,1-5H3,(H,35,39). The van der Waals surface area contributed by atoms with Crippen LogP contribution in [0.4, 0.5) is 4.79 Å². The van der Waals surface area contributed by atoms with Gasteiger partial charge in [-0.25, -0.2) is 4.79 Å². The normalized spacial score (nSPS) is 14.7. The van der Waals surface area contributed by atoms with Crippen LogP contribution < -0.4 is 10.7 Å². The molecule has 7 nitrogen and oxygen atoms in total. The second-order valence-corrected chi connectivity index (χ2v) is 11.9. The highest BCUT2D eigenvalue weighted by Gasteiger charge is 2.41. The molecule has 2 aromatic heterocycles. The summed E-state index contributed by atoms with van der Waals surface area (Å²) in [4.78, 5) is 26.9. The van der Waals surface area contributed by atoms with E-state index in [1.807, 2.05) is 94.5 Å². The molecule has 1 amide bonds. The Morgan fingerprint density at radius 2 is 1.68 bits per heavy atom. The molecule has 0 aliphatic heterocycles. The van der Waals surface area contributed by atoms with Gasteiger partial charge in [-0.3, -0.25) is 9.48 Å². The number of carbonyl (C=O) groups is 1. The molecule has 5 aromatic rings. The molecule has 1 aliphatic rings. The average Bonchev–Trinajstić information content (AvgIpc) is 3.26. The lowest BCUT2D eigenvalue weighted by Crippen LogP contribution is -2.52. The first-order chi connectivity index (χ1) is 19.6. The predicted octanol–water partition coefficient (Wildman–Crippen LogP) is 7.48. The van der Waals surface area contributed by atoms with Crippen molar-refractivity contribution in [1.29, 1.82) is 0 Å². The van der Waals surface area contributed by atoms with Gasteiger partial charge in [0.25, 0.3) is 0 Å². The topological polar surface area (TPSA) is 86.4 Å². The summed E-state index contributed by atoms with van der Waals surface area (Å²) in [6, 6.07) is 21.5. The molecule has 0 atom stereocenters. The zero-order valence-corrected chi connectivity index (χ0v) is 24.2. The SMILES string of the molecule is CCc1nn(C)c2c1ccc1c(=O)c(-c3ccc(C4(NC(=O)OC(C)(C)C)CCC4)cc3)c(-c3ccccc3)oc12. The number of rotatable bonds is 5. The van der Waals surface area contributed by atoms with Crippen LogP contribution in [0, 0.1) is 0 Å². The maximum Gasteiger partial charge on any atom is 0.408 e. The smallest absolute Gasteiger partial charge is 0.408 e. The Labute approximate surface area is 239 Å². The highest BCUT2D eigenvalue weighted by atomic mass is 16.6. The summed E-state index contributed by atoms with van der Waals surface area (Å²) < 4.78 is 14.0. The molecule has 1 saturated carbocycles. The number of nitrogens with one attached hydrogen (secondary N) is 1. The number of benzene rings is 3. The summed E-state index contributed by atoms with van der Waals surface area (Å²) in [5.41, 5.74) is 4.27. The fourth-order valence-corrected chi connectivity index (χ4v) is 5.87. The van der Waals surface area contributed by atoms with Crippen LogP contribution in [0.3, 0.4) is 0 Å². The highest BCUT2D eigenvalue weighted by Crippen LogP contribution is 2.43. The Kier molecular flexibility index (Phi) is 6.48. The van der Waals surface area contributed by atoms with Crippen molar-refractivity contribution >= 4 is 28.0 Å². The zero-order chi connectivity index (χ0) is 28.9. The monoisotopic (exact) mass is 549 g/mol. The number of ether oxygens (including phenoxy) is 1. The fraction of sp³-hybridized carbons (Fsp3) is 0.324. The van der Waals surface area contributed by atoms with Crippen molar-refractivity contribution in [2.75, 3.05) is 0 Å². The van der Waals surface area contributed by atoms with Crippen LogP contribution in [0.5, 0.6) is 0 Å². The van der Waals surface area contributed by atoms with Gasteiger partial charge in [-0.2, -0.15) is 5.10 Å². The summed E-state index contributed by atoms with van der Waals surface area (Å²) >= 11 is 0. The third-order valence-electron chi connectivity index (χ3n) is 7.98. The molecule has 1 N–H and O–H groups in total. The average molecular weight is 550 g/mol. The molecule has 0 unspecified atom stereocenters. The van der Waals surface area contributed by atoms with E-state index in [-0.39, 0.29) is 5.43 Å². The van der Waals surface area contributed by atoms with Crippen LogP contribution in [0.2, 0.25) is 0 Å². The van der Waals surface area contributed by atoms with Crippen molar-refractivity contribution in [3.63, 3.8) is 0 Å². The number of fused-ring (bicyclic) bond motifs is 3. The van der Waals surface area contributed by atoms with Crippen LogP contribution >= 0.6 is 0 Å². The number of alkyl carbamates (subject to hydrolysis) is 1. The molecular formula is C34H35N3O4. The zero-order valence-electron chi connectivity index (χ0n) is 24.2. The van der Waals surface area contributed by atoms with Gasteiger partial charge in [0.05, 0.1) is 22.2 Å². The van der Waals surface area contributed by atoms with Crippen LogP contribution in [0.25, 0.3) is 44.3 Å². The van der Waals surface area contributed by atoms with Gasteiger partial charge >= 0.3 is 6.09 Å². The van der Waals surface area contributed by atoms with E-state index in [0.717, 1.165) is 59.0 Å². The molecule has 41 heavy (non-hydrogen) atoms. The number of carbonyl (C=O) groups excluding carboxylic acids is 1. The third-order valence-corrected chi connectivity index (χ3v) is 7.98. The first-order valence-corrected chi connectivity index (χ1v) is 14.2. The van der Waals surface area contributed by atoms with Crippen molar-refractivity contribution in [2.24, 2.45) is 7.05 Å². The van der Waals surface area contributed by atoms with Gasteiger partial charge in [0.2, 0.25) is 5.43 Å². The minimum atomic E-state index is -0.573. The van der Waals surface area contributed by atoms with Crippen LogP contribution in [0.15, 0.2) is 75.9 Å². The molecule has 3 aromatic carbocycles. The summed E-state index contributed by atoms with van der Waals surface area (Å²) in [6.07, 6.45) is 3.05. The minimum Gasteiger partial charge on any atom is -0.453 e. The van der Waals surface area contributed by atoms with Gasteiger partial charge in [0.15, 0.2) is 5.58 Å². The molecule has 6 rings (SSSR count). The third kappa shape index (κ3) is 4.69. The highest BCUT2D eigenvalue weighted by molar-refractivity contribution is 6.05. The Bertz CT molecular complexity index is 1820. The molecule has 210 valence electrons. The molecular weight excluding hydrogens is 514 g/mol. The first kappa shape index (κ1) is 26.8. The van der Waals surface area contributed by atoms with Crippen molar-refractivity contribution in [3.05, 3.63) is 88.2 Å². The Hall–Kier alpha value is -4.39. The first-order valence-electron chi connectivity index (χ1n) is 14.2. The van der Waals surface area contributed by atoms with E-state index < -0.39 is 17.2 Å². The number of amides is 1. The van der Waals surface area contributed by atoms with Crippen molar-refractivity contribution in [1.82, 2.24) is 15.1 Å². The lowest BCUT2D eigenvalue weighted by molar-refractivity contribution is 0.0377.